The van der Waals surface area contributed by atoms with Gasteiger partial charge in [-0.15, -0.1) is 0 Å². The van der Waals surface area contributed by atoms with Gasteiger partial charge in [-0.3, -0.25) is 4.79 Å². The van der Waals surface area contributed by atoms with E-state index in [4.69, 9.17) is 11.6 Å². The van der Waals surface area contributed by atoms with Gasteiger partial charge in [0.15, 0.2) is 0 Å². The number of nitrogens with one attached hydrogen (secondary N) is 1. The number of hydrogen-bond donors (Lipinski definition) is 1. The maximum absolute atomic E-state index is 13.0. The number of halogens is 4. The first kappa shape index (κ1) is 24.1. The van der Waals surface area contributed by atoms with Crippen molar-refractivity contribution in [2.45, 2.75) is 30.0 Å². The molecule has 1 saturated heterocycles. The number of benzene rings is 3. The summed E-state index contributed by atoms with van der Waals surface area (Å²) in [6.07, 6.45) is -3.01. The molecule has 5 nitrogen and oxygen atoms in total. The number of hydrogen-bond acceptors (Lipinski definition) is 4. The van der Waals surface area contributed by atoms with Crippen molar-refractivity contribution < 1.29 is 26.4 Å². The molecule has 1 amide bonds. The fourth-order valence-electron chi connectivity index (χ4n) is 4.04. The van der Waals surface area contributed by atoms with Gasteiger partial charge < -0.3 is 4.90 Å². The third-order valence-electron chi connectivity index (χ3n) is 5.65. The quantitative estimate of drug-likeness (QED) is 0.471. The van der Waals surface area contributed by atoms with Crippen molar-refractivity contribution in [3.05, 3.63) is 94.5 Å². The van der Waals surface area contributed by atoms with Crippen molar-refractivity contribution in [1.82, 2.24) is 4.72 Å². The van der Waals surface area contributed by atoms with E-state index in [1.807, 2.05) is 4.90 Å². The molecule has 0 bridgehead atoms. The lowest BCUT2D eigenvalue weighted by Gasteiger charge is -2.28. The van der Waals surface area contributed by atoms with E-state index in [0.29, 0.717) is 18.7 Å². The van der Waals surface area contributed by atoms with Gasteiger partial charge in [0.25, 0.3) is 15.9 Å². The summed E-state index contributed by atoms with van der Waals surface area (Å²) in [5.41, 5.74) is 0.537. The molecular weight excluding hydrogens is 489 g/mol. The van der Waals surface area contributed by atoms with Crippen molar-refractivity contribution in [1.29, 1.82) is 0 Å². The largest absolute Gasteiger partial charge is 0.416 e. The lowest BCUT2D eigenvalue weighted by molar-refractivity contribution is -0.137. The molecule has 0 saturated carbocycles. The van der Waals surface area contributed by atoms with Crippen molar-refractivity contribution >= 4 is 33.2 Å². The van der Waals surface area contributed by atoms with E-state index in [2.05, 4.69) is 4.72 Å². The topological polar surface area (TPSA) is 66.5 Å². The molecule has 0 spiro atoms. The molecule has 1 fully saturated rings. The van der Waals surface area contributed by atoms with Crippen LogP contribution in [0.3, 0.4) is 0 Å². The Morgan fingerprint density at radius 1 is 1.00 bits per heavy atom. The SMILES string of the molecule is O=C(NS(=O)(=O)c1ccccc1)c1cccc(C2CCCN2c2ccc(C(F)(F)F)cc2Cl)c1. The van der Waals surface area contributed by atoms with Crippen LogP contribution in [-0.4, -0.2) is 20.9 Å². The zero-order valence-corrected chi connectivity index (χ0v) is 19.3. The summed E-state index contributed by atoms with van der Waals surface area (Å²) in [6, 6.07) is 17.1. The molecule has 10 heteroatoms. The van der Waals surface area contributed by atoms with Gasteiger partial charge in [0.2, 0.25) is 0 Å². The van der Waals surface area contributed by atoms with Gasteiger partial charge in [0.05, 0.1) is 27.2 Å². The molecule has 1 N–H and O–H groups in total. The number of alkyl halides is 3. The summed E-state index contributed by atoms with van der Waals surface area (Å²) in [7, 11) is -4.03. The van der Waals surface area contributed by atoms with Gasteiger partial charge in [0, 0.05) is 12.1 Å². The first-order valence-corrected chi connectivity index (χ1v) is 12.3. The van der Waals surface area contributed by atoms with E-state index < -0.39 is 27.7 Å². The summed E-state index contributed by atoms with van der Waals surface area (Å²) < 4.78 is 66.1. The Bertz CT molecular complexity index is 1310. The monoisotopic (exact) mass is 508 g/mol. The van der Waals surface area contributed by atoms with Crippen LogP contribution in [0.1, 0.15) is 40.4 Å². The maximum atomic E-state index is 13.0. The first-order chi connectivity index (χ1) is 16.1. The molecule has 178 valence electrons. The first-order valence-electron chi connectivity index (χ1n) is 10.4. The Labute approximate surface area is 200 Å². The third-order valence-corrected chi connectivity index (χ3v) is 7.30. The van der Waals surface area contributed by atoms with Crippen LogP contribution < -0.4 is 9.62 Å². The van der Waals surface area contributed by atoms with Crippen LogP contribution in [0, 0.1) is 0 Å². The Balaban J connectivity index is 1.58. The van der Waals surface area contributed by atoms with Gasteiger partial charge in [-0.1, -0.05) is 41.9 Å². The molecule has 0 aliphatic carbocycles. The minimum atomic E-state index is -4.49. The fraction of sp³-hybridized carbons (Fsp3) is 0.208. The fourth-order valence-corrected chi connectivity index (χ4v) is 5.33. The Morgan fingerprint density at radius 2 is 1.74 bits per heavy atom. The minimum absolute atomic E-state index is 0.00965. The number of nitrogens with zero attached hydrogens (tertiary/aromatic N) is 1. The Kier molecular flexibility index (Phi) is 6.60. The highest BCUT2D eigenvalue weighted by Crippen LogP contribution is 2.41. The van der Waals surface area contributed by atoms with Crippen molar-refractivity contribution in [3.63, 3.8) is 0 Å². The van der Waals surface area contributed by atoms with Gasteiger partial charge in [0.1, 0.15) is 0 Å². The van der Waals surface area contributed by atoms with Gasteiger partial charge in [-0.25, -0.2) is 13.1 Å². The van der Waals surface area contributed by atoms with Crippen LogP contribution in [0.15, 0.2) is 77.7 Å². The van der Waals surface area contributed by atoms with E-state index >= 15 is 0 Å². The number of carbonyl (C=O) groups is 1. The van der Waals surface area contributed by atoms with Crippen molar-refractivity contribution in [2.75, 3.05) is 11.4 Å². The summed E-state index contributed by atoms with van der Waals surface area (Å²) >= 11 is 6.21. The molecule has 4 rings (SSSR count). The van der Waals surface area contributed by atoms with E-state index in [0.717, 1.165) is 24.1 Å². The predicted octanol–water partition coefficient (Wildman–Crippen LogP) is 5.82. The lowest BCUT2D eigenvalue weighted by Crippen LogP contribution is -2.30. The molecule has 0 aromatic heterocycles. The number of sulfonamides is 1. The minimum Gasteiger partial charge on any atom is -0.363 e. The highest BCUT2D eigenvalue weighted by atomic mass is 35.5. The number of amides is 1. The van der Waals surface area contributed by atoms with Crippen LogP contribution >= 0.6 is 11.6 Å². The molecule has 34 heavy (non-hydrogen) atoms. The van der Waals surface area contributed by atoms with Crippen LogP contribution in [0.5, 0.6) is 0 Å². The second kappa shape index (κ2) is 9.31. The zero-order chi connectivity index (χ0) is 24.5. The van der Waals surface area contributed by atoms with E-state index in [9.17, 15) is 26.4 Å². The number of rotatable bonds is 5. The van der Waals surface area contributed by atoms with Crippen molar-refractivity contribution in [2.24, 2.45) is 0 Å². The highest BCUT2D eigenvalue weighted by molar-refractivity contribution is 7.90. The van der Waals surface area contributed by atoms with Gasteiger partial charge >= 0.3 is 6.18 Å². The number of anilines is 1. The normalized spacial score (nSPS) is 16.5. The molecule has 1 heterocycles. The standard InChI is InChI=1S/C24H20ClF3N2O3S/c25-20-15-18(24(26,27)28)11-12-22(20)30-13-5-10-21(30)16-6-4-7-17(14-16)23(31)29-34(32,33)19-8-2-1-3-9-19/h1-4,6-9,11-12,14-15,21H,5,10,13H2,(H,29,31). The van der Waals surface area contributed by atoms with Crippen LogP contribution in [0.4, 0.5) is 18.9 Å². The molecule has 0 radical (unpaired) electrons. The van der Waals surface area contributed by atoms with Crippen LogP contribution in [0.25, 0.3) is 0 Å². The van der Waals surface area contributed by atoms with E-state index in [1.54, 1.807) is 36.4 Å². The highest BCUT2D eigenvalue weighted by Gasteiger charge is 2.33. The number of carbonyl (C=O) groups excluding carboxylic acids is 1. The van der Waals surface area contributed by atoms with E-state index in [1.165, 1.54) is 24.3 Å². The van der Waals surface area contributed by atoms with E-state index in [-0.39, 0.29) is 21.5 Å². The molecule has 1 aliphatic rings. The average Bonchev–Trinajstić information content (AvgIpc) is 3.28. The van der Waals surface area contributed by atoms with Crippen molar-refractivity contribution in [3.8, 4) is 0 Å². The molecule has 1 aliphatic heterocycles. The average molecular weight is 509 g/mol. The van der Waals surface area contributed by atoms with Gasteiger partial charge in [-0.05, 0) is 60.9 Å². The smallest absolute Gasteiger partial charge is 0.363 e. The maximum Gasteiger partial charge on any atom is 0.416 e. The van der Waals surface area contributed by atoms with Gasteiger partial charge in [-0.2, -0.15) is 13.2 Å². The second-order valence-electron chi connectivity index (χ2n) is 7.89. The molecular formula is C24H20ClF3N2O3S. The summed E-state index contributed by atoms with van der Waals surface area (Å²) in [4.78, 5) is 14.6. The van der Waals surface area contributed by atoms with Crippen LogP contribution in [-0.2, 0) is 16.2 Å². The zero-order valence-electron chi connectivity index (χ0n) is 17.7. The predicted molar refractivity (Wildman–Crippen MR) is 123 cm³/mol. The molecule has 3 aromatic rings. The summed E-state index contributed by atoms with van der Waals surface area (Å²) in [5.74, 6) is -0.775. The summed E-state index contributed by atoms with van der Waals surface area (Å²) in [6.45, 7) is 0.578. The second-order valence-corrected chi connectivity index (χ2v) is 9.98. The Morgan fingerprint density at radius 3 is 2.41 bits per heavy atom. The molecule has 1 atom stereocenters. The third kappa shape index (κ3) is 5.05. The lowest BCUT2D eigenvalue weighted by atomic mass is 10.0. The van der Waals surface area contributed by atoms with Crippen LogP contribution in [0.2, 0.25) is 5.02 Å². The Hall–Kier alpha value is -3.04. The summed E-state index contributed by atoms with van der Waals surface area (Å²) in [5, 5.41) is -0.00965. The molecule has 1 unspecified atom stereocenters. The molecule has 3 aromatic carbocycles.